The lowest BCUT2D eigenvalue weighted by Crippen LogP contribution is -2.29. The fraction of sp³-hybridized carbons (Fsp3) is 0.867. The van der Waals surface area contributed by atoms with Gasteiger partial charge >= 0.3 is 19.8 Å². The zero-order chi connectivity index (χ0) is 41.2. The minimum atomic E-state index is -4.62. The Morgan fingerprint density at radius 1 is 0.518 bits per heavy atom. The second kappa shape index (κ2) is 41.6. The van der Waals surface area contributed by atoms with E-state index in [-0.39, 0.29) is 19.4 Å². The Labute approximate surface area is 342 Å². The van der Waals surface area contributed by atoms with Crippen molar-refractivity contribution in [3.8, 4) is 0 Å². The molecular weight excluding hydrogens is 731 g/mol. The summed E-state index contributed by atoms with van der Waals surface area (Å²) in [7, 11) is -4.62. The second-order valence-electron chi connectivity index (χ2n) is 15.4. The maximum Gasteiger partial charge on any atom is 0.472 e. The van der Waals surface area contributed by atoms with Gasteiger partial charge < -0.3 is 24.6 Å². The monoisotopic (exact) mass is 817 g/mol. The van der Waals surface area contributed by atoms with Crippen molar-refractivity contribution >= 4 is 19.8 Å². The largest absolute Gasteiger partial charge is 0.472 e. The Hall–Kier alpha value is -1.55. The van der Waals surface area contributed by atoms with E-state index < -0.39 is 51.8 Å². The highest BCUT2D eigenvalue weighted by molar-refractivity contribution is 7.47. The summed E-state index contributed by atoms with van der Waals surface area (Å²) in [6, 6.07) is 0. The summed E-state index contributed by atoms with van der Waals surface area (Å²) >= 11 is 0. The molecular formula is C45H85O10P. The van der Waals surface area contributed by atoms with Crippen molar-refractivity contribution in [3.63, 3.8) is 0 Å². The first-order valence-electron chi connectivity index (χ1n) is 22.8. The predicted octanol–water partition coefficient (Wildman–Crippen LogP) is 12.2. The van der Waals surface area contributed by atoms with Crippen molar-refractivity contribution in [1.82, 2.24) is 0 Å². The van der Waals surface area contributed by atoms with Gasteiger partial charge in [0.1, 0.15) is 12.7 Å². The van der Waals surface area contributed by atoms with E-state index in [9.17, 15) is 24.2 Å². The molecule has 0 saturated carbocycles. The summed E-state index contributed by atoms with van der Waals surface area (Å²) in [5.41, 5.74) is 0. The van der Waals surface area contributed by atoms with Gasteiger partial charge in [-0.25, -0.2) is 4.57 Å². The van der Waals surface area contributed by atoms with E-state index >= 15 is 0 Å². The van der Waals surface area contributed by atoms with Crippen molar-refractivity contribution in [2.45, 2.75) is 225 Å². The molecule has 0 bridgehead atoms. The quantitative estimate of drug-likeness (QED) is 0.0235. The Bertz CT molecular complexity index is 988. The molecule has 0 spiro atoms. The van der Waals surface area contributed by atoms with Crippen LogP contribution in [0.5, 0.6) is 0 Å². The zero-order valence-corrected chi connectivity index (χ0v) is 36.8. The van der Waals surface area contributed by atoms with Gasteiger partial charge in [-0.2, -0.15) is 0 Å². The van der Waals surface area contributed by atoms with Gasteiger partial charge in [0, 0.05) is 12.8 Å². The number of allylic oxidation sites excluding steroid dienone is 4. The number of carbonyl (C=O) groups is 2. The van der Waals surface area contributed by atoms with E-state index in [4.69, 9.17) is 23.6 Å². The highest BCUT2D eigenvalue weighted by Gasteiger charge is 2.27. The Kier molecular flexibility index (Phi) is 40.5. The molecule has 0 heterocycles. The maximum absolute atomic E-state index is 12.6. The van der Waals surface area contributed by atoms with Crippen molar-refractivity contribution < 1.29 is 47.8 Å². The van der Waals surface area contributed by atoms with Crippen LogP contribution in [0.2, 0.25) is 0 Å². The molecule has 1 unspecified atom stereocenters. The van der Waals surface area contributed by atoms with Crippen LogP contribution in [0.25, 0.3) is 0 Å². The molecule has 10 nitrogen and oxygen atoms in total. The predicted molar refractivity (Wildman–Crippen MR) is 228 cm³/mol. The number of phosphoric ester groups is 1. The van der Waals surface area contributed by atoms with Gasteiger partial charge in [-0.3, -0.25) is 18.6 Å². The molecule has 0 aliphatic carbocycles. The third-order valence-electron chi connectivity index (χ3n) is 9.83. The Morgan fingerprint density at radius 3 is 1.29 bits per heavy atom. The summed E-state index contributed by atoms with van der Waals surface area (Å²) < 4.78 is 32.7. The number of carbonyl (C=O) groups excluding carboxylic acids is 2. The molecule has 11 heteroatoms. The molecule has 3 atom stereocenters. The number of hydrogen-bond acceptors (Lipinski definition) is 9. The first kappa shape index (κ1) is 54.5. The van der Waals surface area contributed by atoms with Crippen LogP contribution in [0.15, 0.2) is 24.3 Å². The molecule has 0 aromatic heterocycles. The smallest absolute Gasteiger partial charge is 0.462 e. The molecule has 0 aromatic carbocycles. The molecule has 0 aromatic rings. The molecule has 56 heavy (non-hydrogen) atoms. The highest BCUT2D eigenvalue weighted by Crippen LogP contribution is 2.43. The lowest BCUT2D eigenvalue weighted by atomic mass is 10.1. The second-order valence-corrected chi connectivity index (χ2v) is 16.9. The first-order valence-corrected chi connectivity index (χ1v) is 24.3. The average molecular weight is 817 g/mol. The first-order chi connectivity index (χ1) is 27.2. The van der Waals surface area contributed by atoms with Crippen LogP contribution < -0.4 is 0 Å². The van der Waals surface area contributed by atoms with Crippen molar-refractivity contribution in [3.05, 3.63) is 24.3 Å². The highest BCUT2D eigenvalue weighted by atomic mass is 31.2. The third kappa shape index (κ3) is 40.6. The van der Waals surface area contributed by atoms with E-state index in [1.54, 1.807) is 0 Å². The van der Waals surface area contributed by atoms with Gasteiger partial charge in [0.25, 0.3) is 0 Å². The number of hydrogen-bond donors (Lipinski definition) is 3. The summed E-state index contributed by atoms with van der Waals surface area (Å²) in [4.78, 5) is 35.0. The van der Waals surface area contributed by atoms with Gasteiger partial charge in [0.15, 0.2) is 6.10 Å². The average Bonchev–Trinajstić information content (AvgIpc) is 3.19. The summed E-state index contributed by atoms with van der Waals surface area (Å²) in [6.07, 6.45) is 41.4. The van der Waals surface area contributed by atoms with E-state index in [2.05, 4.69) is 38.2 Å². The minimum Gasteiger partial charge on any atom is -0.462 e. The Balaban J connectivity index is 4.24. The number of unbranched alkanes of at least 4 members (excludes halogenated alkanes) is 25. The Morgan fingerprint density at radius 2 is 0.875 bits per heavy atom. The molecule has 330 valence electrons. The molecule has 0 amide bonds. The topological polar surface area (TPSA) is 149 Å². The van der Waals surface area contributed by atoms with Crippen LogP contribution in [0.3, 0.4) is 0 Å². The van der Waals surface area contributed by atoms with Crippen LogP contribution in [0.4, 0.5) is 0 Å². The summed E-state index contributed by atoms with van der Waals surface area (Å²) in [5, 5.41) is 18.3. The molecule has 0 fully saturated rings. The van der Waals surface area contributed by atoms with E-state index in [1.165, 1.54) is 116 Å². The SMILES string of the molecule is CCCCCCC/C=C/CCCCCCCC(=O)O[C@@H](COC(=O)CCCCCCCCCCC/C=C/CCCCCCCC)COP(=O)(O)OC[C@H](O)CO. The van der Waals surface area contributed by atoms with E-state index in [0.717, 1.165) is 57.8 Å². The van der Waals surface area contributed by atoms with Crippen molar-refractivity contribution in [1.29, 1.82) is 0 Å². The molecule has 0 rings (SSSR count). The summed E-state index contributed by atoms with van der Waals surface area (Å²) in [6.45, 7) is 2.37. The van der Waals surface area contributed by atoms with Gasteiger partial charge in [-0.05, 0) is 64.2 Å². The van der Waals surface area contributed by atoms with Gasteiger partial charge in [-0.15, -0.1) is 0 Å². The zero-order valence-electron chi connectivity index (χ0n) is 35.9. The number of aliphatic hydroxyl groups excluding tert-OH is 2. The van der Waals surface area contributed by atoms with Crippen molar-refractivity contribution in [2.24, 2.45) is 0 Å². The van der Waals surface area contributed by atoms with Gasteiger partial charge in [0.2, 0.25) is 0 Å². The third-order valence-corrected chi connectivity index (χ3v) is 10.8. The standard InChI is InChI=1S/C45H85O10P/c1-3-5-7-9-11-13-15-17-19-20-21-22-23-25-26-28-30-32-34-36-44(48)52-40-43(41-54-56(50,51)53-39-42(47)38-46)55-45(49)37-35-33-31-29-27-24-18-16-14-12-10-8-6-4-2/h16-19,42-43,46-47H,3-15,20-41H2,1-2H3,(H,50,51)/b18-16+,19-17+/t42-,43+/m1/s1. The molecule has 3 N–H and O–H groups in total. The van der Waals surface area contributed by atoms with Crippen LogP contribution in [-0.2, 0) is 32.7 Å². The molecule has 0 radical (unpaired) electrons. The van der Waals surface area contributed by atoms with Crippen molar-refractivity contribution in [2.75, 3.05) is 26.4 Å². The summed E-state index contributed by atoms with van der Waals surface area (Å²) in [5.74, 6) is -0.931. The fourth-order valence-corrected chi connectivity index (χ4v) is 7.07. The number of phosphoric acid groups is 1. The van der Waals surface area contributed by atoms with E-state index in [0.29, 0.717) is 12.8 Å². The number of esters is 2. The fourth-order valence-electron chi connectivity index (χ4n) is 6.28. The number of ether oxygens (including phenoxy) is 2. The number of rotatable bonds is 43. The lowest BCUT2D eigenvalue weighted by molar-refractivity contribution is -0.161. The molecule has 0 aliphatic heterocycles. The lowest BCUT2D eigenvalue weighted by Gasteiger charge is -2.20. The molecule has 0 aliphatic rings. The van der Waals surface area contributed by atoms with E-state index in [1.807, 2.05) is 0 Å². The maximum atomic E-state index is 12.6. The minimum absolute atomic E-state index is 0.176. The molecule has 0 saturated heterocycles. The number of aliphatic hydroxyl groups is 2. The van der Waals surface area contributed by atoms with Gasteiger partial charge in [-0.1, -0.05) is 160 Å². The van der Waals surface area contributed by atoms with Gasteiger partial charge in [0.05, 0.1) is 19.8 Å². The normalized spacial score (nSPS) is 14.0. The van der Waals surface area contributed by atoms with Crippen LogP contribution >= 0.6 is 7.82 Å². The van der Waals surface area contributed by atoms with Crippen LogP contribution in [-0.4, -0.2) is 65.7 Å². The van der Waals surface area contributed by atoms with Crippen LogP contribution in [0.1, 0.15) is 213 Å². The van der Waals surface area contributed by atoms with Crippen LogP contribution in [0, 0.1) is 0 Å².